The highest BCUT2D eigenvalue weighted by Gasteiger charge is 2.32. The SMILES string of the molecule is COC(=O)C1=C(C(=O)OC)N(c2ccc(-c3nc4ccc(F)cc4s3)cc2)COC1. The van der Waals surface area contributed by atoms with Crippen LogP contribution in [0.3, 0.4) is 0 Å². The van der Waals surface area contributed by atoms with Gasteiger partial charge in [0.1, 0.15) is 23.3 Å². The standard InChI is InChI=1S/C21H17FN2O5S/c1-27-20(25)15-10-29-11-24(18(15)21(26)28-2)14-6-3-12(4-7-14)19-23-16-8-5-13(22)9-17(16)30-19/h3-9H,10-11H2,1-2H3. The smallest absolute Gasteiger partial charge is 0.355 e. The van der Waals surface area contributed by atoms with Gasteiger partial charge in [-0.25, -0.2) is 19.0 Å². The molecule has 0 atom stereocenters. The zero-order valence-corrected chi connectivity index (χ0v) is 17.0. The number of rotatable bonds is 4. The van der Waals surface area contributed by atoms with Crippen molar-refractivity contribution in [3.05, 3.63) is 59.6 Å². The number of thiazole rings is 1. The van der Waals surface area contributed by atoms with Crippen LogP contribution >= 0.6 is 11.3 Å². The minimum atomic E-state index is -0.657. The number of benzene rings is 2. The zero-order valence-electron chi connectivity index (χ0n) is 16.2. The molecular formula is C21H17FN2O5S. The molecule has 0 unspecified atom stereocenters. The van der Waals surface area contributed by atoms with Crippen LogP contribution in [0.1, 0.15) is 0 Å². The summed E-state index contributed by atoms with van der Waals surface area (Å²) in [5.74, 6) is -1.61. The summed E-state index contributed by atoms with van der Waals surface area (Å²) in [6.07, 6.45) is 0. The molecule has 1 aliphatic rings. The van der Waals surface area contributed by atoms with E-state index in [1.807, 2.05) is 12.1 Å². The van der Waals surface area contributed by atoms with E-state index in [0.29, 0.717) is 5.69 Å². The van der Waals surface area contributed by atoms with E-state index in [4.69, 9.17) is 14.2 Å². The van der Waals surface area contributed by atoms with E-state index in [1.165, 1.54) is 37.7 Å². The summed E-state index contributed by atoms with van der Waals surface area (Å²) in [5.41, 5.74) is 2.37. The number of aromatic nitrogens is 1. The normalized spacial score (nSPS) is 14.2. The average Bonchev–Trinajstić information content (AvgIpc) is 3.20. The van der Waals surface area contributed by atoms with Gasteiger partial charge in [0.25, 0.3) is 0 Å². The lowest BCUT2D eigenvalue weighted by molar-refractivity contribution is -0.140. The van der Waals surface area contributed by atoms with Gasteiger partial charge in [0.05, 0.1) is 36.6 Å². The van der Waals surface area contributed by atoms with Crippen molar-refractivity contribution in [2.24, 2.45) is 0 Å². The molecule has 0 spiro atoms. The minimum absolute atomic E-state index is 0.0477. The molecule has 7 nitrogen and oxygen atoms in total. The van der Waals surface area contributed by atoms with Crippen molar-refractivity contribution >= 4 is 39.2 Å². The summed E-state index contributed by atoms with van der Waals surface area (Å²) >= 11 is 1.39. The van der Waals surface area contributed by atoms with Crippen molar-refractivity contribution in [3.63, 3.8) is 0 Å². The Kier molecular flexibility index (Phi) is 5.47. The number of anilines is 1. The fourth-order valence-corrected chi connectivity index (χ4v) is 4.15. The summed E-state index contributed by atoms with van der Waals surface area (Å²) in [6, 6.07) is 11.7. The predicted molar refractivity (Wildman–Crippen MR) is 109 cm³/mol. The highest BCUT2D eigenvalue weighted by atomic mass is 32.1. The van der Waals surface area contributed by atoms with E-state index >= 15 is 0 Å². The van der Waals surface area contributed by atoms with Gasteiger partial charge in [0.2, 0.25) is 0 Å². The molecule has 0 saturated carbocycles. The molecule has 0 aliphatic carbocycles. The quantitative estimate of drug-likeness (QED) is 0.589. The van der Waals surface area contributed by atoms with Gasteiger partial charge in [-0.05, 0) is 42.5 Å². The highest BCUT2D eigenvalue weighted by molar-refractivity contribution is 7.21. The molecule has 0 fully saturated rings. The Morgan fingerprint density at radius 2 is 1.83 bits per heavy atom. The van der Waals surface area contributed by atoms with E-state index in [-0.39, 0.29) is 30.4 Å². The van der Waals surface area contributed by atoms with E-state index < -0.39 is 11.9 Å². The Bertz CT molecular complexity index is 1160. The van der Waals surface area contributed by atoms with Crippen molar-refractivity contribution in [2.45, 2.75) is 0 Å². The second kappa shape index (κ2) is 8.21. The van der Waals surface area contributed by atoms with Gasteiger partial charge in [-0.3, -0.25) is 0 Å². The molecule has 0 radical (unpaired) electrons. The number of esters is 2. The van der Waals surface area contributed by atoms with E-state index in [1.54, 1.807) is 23.1 Å². The molecule has 3 aromatic rings. The molecule has 0 bridgehead atoms. The first kappa shape index (κ1) is 20.0. The number of ether oxygens (including phenoxy) is 3. The number of nitrogens with zero attached hydrogens (tertiary/aromatic N) is 2. The van der Waals surface area contributed by atoms with Gasteiger partial charge in [0, 0.05) is 11.3 Å². The second-order valence-corrected chi connectivity index (χ2v) is 7.42. The Morgan fingerprint density at radius 1 is 1.10 bits per heavy atom. The minimum Gasteiger partial charge on any atom is -0.466 e. The van der Waals surface area contributed by atoms with Crippen LogP contribution < -0.4 is 4.90 Å². The molecule has 1 aromatic heterocycles. The fraction of sp³-hybridized carbons (Fsp3) is 0.190. The third-order valence-corrected chi connectivity index (χ3v) is 5.68. The van der Waals surface area contributed by atoms with E-state index in [9.17, 15) is 14.0 Å². The second-order valence-electron chi connectivity index (χ2n) is 6.39. The number of halogens is 1. The molecule has 9 heteroatoms. The van der Waals surface area contributed by atoms with E-state index in [2.05, 4.69) is 4.98 Å². The molecule has 2 heterocycles. The lowest BCUT2D eigenvalue weighted by atomic mass is 10.1. The number of fused-ring (bicyclic) bond motifs is 1. The van der Waals surface area contributed by atoms with Gasteiger partial charge in [-0.2, -0.15) is 0 Å². The van der Waals surface area contributed by atoms with Crippen molar-refractivity contribution in [1.82, 2.24) is 4.98 Å². The zero-order chi connectivity index (χ0) is 21.3. The third-order valence-electron chi connectivity index (χ3n) is 4.61. The molecule has 0 amide bonds. The van der Waals surface area contributed by atoms with Crippen LogP contribution in [-0.4, -0.2) is 44.5 Å². The van der Waals surface area contributed by atoms with Gasteiger partial charge >= 0.3 is 11.9 Å². The van der Waals surface area contributed by atoms with Crippen molar-refractivity contribution in [3.8, 4) is 10.6 Å². The first-order valence-corrected chi connectivity index (χ1v) is 9.75. The molecule has 154 valence electrons. The highest BCUT2D eigenvalue weighted by Crippen LogP contribution is 2.33. The lowest BCUT2D eigenvalue weighted by Gasteiger charge is -2.31. The van der Waals surface area contributed by atoms with Crippen molar-refractivity contribution in [1.29, 1.82) is 0 Å². The molecule has 30 heavy (non-hydrogen) atoms. The molecule has 2 aromatic carbocycles. The van der Waals surface area contributed by atoms with Crippen LogP contribution in [-0.2, 0) is 23.8 Å². The number of carbonyl (C=O) groups is 2. The Hall–Kier alpha value is -3.30. The number of hydrogen-bond acceptors (Lipinski definition) is 8. The maximum absolute atomic E-state index is 13.4. The Morgan fingerprint density at radius 3 is 2.53 bits per heavy atom. The number of methoxy groups -OCH3 is 2. The van der Waals surface area contributed by atoms with Crippen LogP contribution in [0.15, 0.2) is 53.7 Å². The average molecular weight is 428 g/mol. The monoisotopic (exact) mass is 428 g/mol. The predicted octanol–water partition coefficient (Wildman–Crippen LogP) is 3.50. The third kappa shape index (κ3) is 3.64. The van der Waals surface area contributed by atoms with Crippen molar-refractivity contribution in [2.75, 3.05) is 32.5 Å². The van der Waals surface area contributed by atoms with Gasteiger partial charge < -0.3 is 19.1 Å². The van der Waals surface area contributed by atoms with Crippen LogP contribution in [0, 0.1) is 5.82 Å². The molecular weight excluding hydrogens is 411 g/mol. The maximum atomic E-state index is 13.4. The van der Waals surface area contributed by atoms with Crippen LogP contribution in [0.25, 0.3) is 20.8 Å². The summed E-state index contributed by atoms with van der Waals surface area (Å²) in [5, 5.41) is 0.746. The van der Waals surface area contributed by atoms with Crippen LogP contribution in [0.4, 0.5) is 10.1 Å². The number of carbonyl (C=O) groups excluding carboxylic acids is 2. The topological polar surface area (TPSA) is 78.0 Å². The van der Waals surface area contributed by atoms with Crippen LogP contribution in [0.5, 0.6) is 0 Å². The Labute approximate surface area is 175 Å². The van der Waals surface area contributed by atoms with Gasteiger partial charge in [-0.15, -0.1) is 11.3 Å². The summed E-state index contributed by atoms with van der Waals surface area (Å²) in [4.78, 5) is 30.6. The maximum Gasteiger partial charge on any atom is 0.355 e. The van der Waals surface area contributed by atoms with Crippen molar-refractivity contribution < 1.29 is 28.2 Å². The summed E-state index contributed by atoms with van der Waals surface area (Å²) in [6.45, 7) is 0.0264. The fourth-order valence-electron chi connectivity index (χ4n) is 3.15. The molecule has 0 saturated heterocycles. The molecule has 0 N–H and O–H groups in total. The first-order chi connectivity index (χ1) is 14.5. The van der Waals surface area contributed by atoms with Gasteiger partial charge in [-0.1, -0.05) is 0 Å². The van der Waals surface area contributed by atoms with Gasteiger partial charge in [0.15, 0.2) is 0 Å². The molecule has 1 aliphatic heterocycles. The summed E-state index contributed by atoms with van der Waals surface area (Å²) in [7, 11) is 2.48. The number of hydrogen-bond donors (Lipinski definition) is 0. The first-order valence-electron chi connectivity index (χ1n) is 8.93. The Balaban J connectivity index is 1.69. The van der Waals surface area contributed by atoms with Crippen LogP contribution in [0.2, 0.25) is 0 Å². The van der Waals surface area contributed by atoms with E-state index in [0.717, 1.165) is 20.8 Å². The molecule has 4 rings (SSSR count). The summed E-state index contributed by atoms with van der Waals surface area (Å²) < 4.78 is 29.3. The lowest BCUT2D eigenvalue weighted by Crippen LogP contribution is -2.38. The largest absolute Gasteiger partial charge is 0.466 e.